The lowest BCUT2D eigenvalue weighted by Crippen LogP contribution is -2.42. The van der Waals surface area contributed by atoms with Crippen LogP contribution in [-0.4, -0.2) is 43.1 Å². The van der Waals surface area contributed by atoms with Gasteiger partial charge in [0.2, 0.25) is 10.0 Å². The molecule has 1 fully saturated rings. The van der Waals surface area contributed by atoms with Crippen molar-refractivity contribution >= 4 is 10.0 Å². The summed E-state index contributed by atoms with van der Waals surface area (Å²) in [6.07, 6.45) is 2.16. The third-order valence-corrected chi connectivity index (χ3v) is 5.63. The van der Waals surface area contributed by atoms with Gasteiger partial charge in [0.1, 0.15) is 0 Å². The van der Waals surface area contributed by atoms with Gasteiger partial charge in [-0.3, -0.25) is 4.68 Å². The summed E-state index contributed by atoms with van der Waals surface area (Å²) in [6.45, 7) is 6.77. The molecule has 7 heteroatoms. The maximum atomic E-state index is 12.1. The van der Waals surface area contributed by atoms with Crippen molar-refractivity contribution in [1.29, 1.82) is 0 Å². The Balaban J connectivity index is 1.76. The van der Waals surface area contributed by atoms with Crippen molar-refractivity contribution < 1.29 is 8.42 Å². The Kier molecular flexibility index (Phi) is 5.17. The van der Waals surface area contributed by atoms with Crippen LogP contribution in [0.5, 0.6) is 0 Å². The normalized spacial score (nSPS) is 17.5. The van der Waals surface area contributed by atoms with Crippen LogP contribution in [0.1, 0.15) is 30.7 Å². The zero-order chi connectivity index (χ0) is 14.6. The molecule has 1 aromatic heterocycles. The molecule has 0 bridgehead atoms. The van der Waals surface area contributed by atoms with E-state index in [0.29, 0.717) is 19.4 Å². The summed E-state index contributed by atoms with van der Waals surface area (Å²) in [6, 6.07) is 2.03. The van der Waals surface area contributed by atoms with E-state index in [9.17, 15) is 8.42 Å². The van der Waals surface area contributed by atoms with Gasteiger partial charge in [0.05, 0.1) is 10.9 Å². The van der Waals surface area contributed by atoms with Gasteiger partial charge in [-0.25, -0.2) is 13.1 Å². The molecule has 0 aliphatic carbocycles. The fourth-order valence-corrected chi connectivity index (χ4v) is 4.09. The van der Waals surface area contributed by atoms with Gasteiger partial charge in [0.25, 0.3) is 0 Å². The highest BCUT2D eigenvalue weighted by Gasteiger charge is 2.26. The SMILES string of the molecule is Cc1cc(C)n(CCCNS(=O)(=O)C2CCNCC2)n1. The number of nitrogens with one attached hydrogen (secondary N) is 2. The summed E-state index contributed by atoms with van der Waals surface area (Å²) in [7, 11) is -3.16. The van der Waals surface area contributed by atoms with Crippen LogP contribution in [0.4, 0.5) is 0 Å². The third-order valence-electron chi connectivity index (χ3n) is 3.68. The first-order chi connectivity index (χ1) is 9.49. The molecule has 0 atom stereocenters. The van der Waals surface area contributed by atoms with Crippen molar-refractivity contribution in [2.45, 2.75) is 44.9 Å². The molecule has 0 spiro atoms. The van der Waals surface area contributed by atoms with Crippen LogP contribution >= 0.6 is 0 Å². The molecular formula is C13H24N4O2S. The maximum Gasteiger partial charge on any atom is 0.214 e. The summed E-state index contributed by atoms with van der Waals surface area (Å²) in [5.41, 5.74) is 2.11. The van der Waals surface area contributed by atoms with Crippen molar-refractivity contribution in [3.63, 3.8) is 0 Å². The summed E-state index contributed by atoms with van der Waals surface area (Å²) in [5, 5.41) is 7.31. The highest BCUT2D eigenvalue weighted by Crippen LogP contribution is 2.11. The van der Waals surface area contributed by atoms with Gasteiger partial charge in [-0.15, -0.1) is 0 Å². The van der Waals surface area contributed by atoms with Crippen LogP contribution < -0.4 is 10.0 Å². The Hall–Kier alpha value is -0.920. The van der Waals surface area contributed by atoms with Crippen LogP contribution in [0.15, 0.2) is 6.07 Å². The van der Waals surface area contributed by atoms with Crippen LogP contribution in [-0.2, 0) is 16.6 Å². The third kappa shape index (κ3) is 4.04. The second kappa shape index (κ2) is 6.69. The standard InChI is InChI=1S/C13H24N4O2S/c1-11-10-12(2)17(16-11)9-3-6-15-20(18,19)13-4-7-14-8-5-13/h10,13-15H,3-9H2,1-2H3. The zero-order valence-corrected chi connectivity index (χ0v) is 13.0. The molecule has 1 saturated heterocycles. The van der Waals surface area contributed by atoms with Gasteiger partial charge in [-0.05, 0) is 52.3 Å². The molecule has 1 aliphatic heterocycles. The second-order valence-corrected chi connectivity index (χ2v) is 7.44. The minimum Gasteiger partial charge on any atom is -0.317 e. The topological polar surface area (TPSA) is 76.0 Å². The Morgan fingerprint density at radius 3 is 2.70 bits per heavy atom. The van der Waals surface area contributed by atoms with E-state index in [1.54, 1.807) is 0 Å². The molecular weight excluding hydrogens is 276 g/mol. The number of sulfonamides is 1. The van der Waals surface area contributed by atoms with E-state index in [1.807, 2.05) is 24.6 Å². The molecule has 0 radical (unpaired) electrons. The van der Waals surface area contributed by atoms with E-state index in [4.69, 9.17) is 0 Å². The van der Waals surface area contributed by atoms with Gasteiger partial charge in [0.15, 0.2) is 0 Å². The Bertz CT molecular complexity index is 533. The van der Waals surface area contributed by atoms with E-state index >= 15 is 0 Å². The highest BCUT2D eigenvalue weighted by molar-refractivity contribution is 7.90. The zero-order valence-electron chi connectivity index (χ0n) is 12.2. The van der Waals surface area contributed by atoms with Crippen molar-refractivity contribution in [2.24, 2.45) is 0 Å². The molecule has 2 N–H and O–H groups in total. The number of hydrogen-bond donors (Lipinski definition) is 2. The van der Waals surface area contributed by atoms with Crippen molar-refractivity contribution in [1.82, 2.24) is 19.8 Å². The Labute approximate surface area is 121 Å². The fraction of sp³-hybridized carbons (Fsp3) is 0.769. The molecule has 0 aromatic carbocycles. The maximum absolute atomic E-state index is 12.1. The minimum absolute atomic E-state index is 0.238. The number of piperidine rings is 1. The molecule has 1 aromatic rings. The fourth-order valence-electron chi connectivity index (χ4n) is 2.57. The molecule has 0 saturated carbocycles. The summed E-state index contributed by atoms with van der Waals surface area (Å²) in [5.74, 6) is 0. The van der Waals surface area contributed by atoms with E-state index in [0.717, 1.165) is 37.4 Å². The van der Waals surface area contributed by atoms with E-state index in [2.05, 4.69) is 15.1 Å². The first kappa shape index (κ1) is 15.5. The second-order valence-electron chi connectivity index (χ2n) is 5.39. The number of aromatic nitrogens is 2. The van der Waals surface area contributed by atoms with Crippen LogP contribution in [0.2, 0.25) is 0 Å². The summed E-state index contributed by atoms with van der Waals surface area (Å²) < 4.78 is 28.9. The van der Waals surface area contributed by atoms with Crippen molar-refractivity contribution in [3.05, 3.63) is 17.5 Å². The lowest BCUT2D eigenvalue weighted by atomic mass is 10.2. The van der Waals surface area contributed by atoms with Crippen LogP contribution in [0, 0.1) is 13.8 Å². The van der Waals surface area contributed by atoms with Crippen molar-refractivity contribution in [2.75, 3.05) is 19.6 Å². The first-order valence-corrected chi connectivity index (χ1v) is 8.74. The molecule has 6 nitrogen and oxygen atoms in total. The summed E-state index contributed by atoms with van der Waals surface area (Å²) in [4.78, 5) is 0. The molecule has 0 unspecified atom stereocenters. The quantitative estimate of drug-likeness (QED) is 0.753. The molecule has 0 amide bonds. The van der Waals surface area contributed by atoms with Crippen LogP contribution in [0.3, 0.4) is 0 Å². The van der Waals surface area contributed by atoms with E-state index in [-0.39, 0.29) is 5.25 Å². The lowest BCUT2D eigenvalue weighted by molar-refractivity contribution is 0.485. The molecule has 20 heavy (non-hydrogen) atoms. The number of aryl methyl sites for hydroxylation is 3. The Morgan fingerprint density at radius 1 is 1.40 bits per heavy atom. The predicted octanol–water partition coefficient (Wildman–Crippen LogP) is 0.561. The monoisotopic (exact) mass is 300 g/mol. The van der Waals surface area contributed by atoms with Gasteiger partial charge in [-0.2, -0.15) is 5.10 Å². The Morgan fingerprint density at radius 2 is 2.10 bits per heavy atom. The van der Waals surface area contributed by atoms with E-state index in [1.165, 1.54) is 0 Å². The predicted molar refractivity (Wildman–Crippen MR) is 79.1 cm³/mol. The summed E-state index contributed by atoms with van der Waals surface area (Å²) >= 11 is 0. The van der Waals surface area contributed by atoms with E-state index < -0.39 is 10.0 Å². The molecule has 1 aliphatic rings. The molecule has 2 rings (SSSR count). The average molecular weight is 300 g/mol. The van der Waals surface area contributed by atoms with Gasteiger partial charge in [-0.1, -0.05) is 0 Å². The first-order valence-electron chi connectivity index (χ1n) is 7.19. The minimum atomic E-state index is -3.16. The van der Waals surface area contributed by atoms with Crippen LogP contribution in [0.25, 0.3) is 0 Å². The molecule has 2 heterocycles. The van der Waals surface area contributed by atoms with Crippen molar-refractivity contribution in [3.8, 4) is 0 Å². The van der Waals surface area contributed by atoms with Gasteiger partial charge >= 0.3 is 0 Å². The van der Waals surface area contributed by atoms with Gasteiger partial charge in [0, 0.05) is 18.8 Å². The number of rotatable bonds is 6. The number of nitrogens with zero attached hydrogens (tertiary/aromatic N) is 2. The largest absolute Gasteiger partial charge is 0.317 e. The highest BCUT2D eigenvalue weighted by atomic mass is 32.2. The smallest absolute Gasteiger partial charge is 0.214 e. The van der Waals surface area contributed by atoms with Gasteiger partial charge < -0.3 is 5.32 Å². The lowest BCUT2D eigenvalue weighted by Gasteiger charge is -2.22. The number of hydrogen-bond acceptors (Lipinski definition) is 4. The average Bonchev–Trinajstić information content (AvgIpc) is 2.74. The molecule has 114 valence electrons.